The molecule has 15 unspecified atom stereocenters. The van der Waals surface area contributed by atoms with E-state index in [0.29, 0.717) is 18.3 Å². The number of β-amino-alcohol motifs (C(OH)–C–C–N with tert-alkyl or cyclic N) is 1. The molecule has 0 saturated carbocycles. The van der Waals surface area contributed by atoms with Crippen LogP contribution in [0.3, 0.4) is 0 Å². The number of carbonyl (C=O) groups is 8. The lowest BCUT2D eigenvalue weighted by Gasteiger charge is -2.34. The molecule has 15 atom stereocenters. The standard InChI is InChI=1S/C50H80N8O16/c1-5-26(2)20-27(3)12-10-8-6-7-9-11-13-38(66)53-33-21-31(61)24-52-48(72)42-35(63)18-19-57(42)50(74)40(36(64)23-37(51)65)55-47(71)41(44(68)43(67)29-14-16-30(60)17-15-29)56-46(70)34-22-32(62)25-58(34)49(73)39(28(4)59)54-45(33)69/h14-17,26-28,31-36,39-44,59-64,67-68H,5-13,18-25H2,1-4H3,(H2,51,65)(H,52,72)(H,53,66)(H,54,69)(H,55,71)(H,56,70). The van der Waals surface area contributed by atoms with Crippen LogP contribution in [0, 0.1) is 11.8 Å². The molecule has 8 amide bonds. The van der Waals surface area contributed by atoms with E-state index in [2.05, 4.69) is 47.4 Å². The number of amides is 8. The number of fused-ring (bicyclic) bond motifs is 2. The fourth-order valence-electron chi connectivity index (χ4n) is 9.77. The third-order valence-electron chi connectivity index (χ3n) is 14.2. The van der Waals surface area contributed by atoms with Crippen molar-refractivity contribution in [2.24, 2.45) is 17.6 Å². The molecule has 416 valence electrons. The number of carbonyl (C=O) groups excluding carboxylic acids is 8. The second-order valence-electron chi connectivity index (χ2n) is 20.5. The van der Waals surface area contributed by atoms with Gasteiger partial charge in [0.05, 0.1) is 36.9 Å². The van der Waals surface area contributed by atoms with Gasteiger partial charge < -0.3 is 83.0 Å². The number of rotatable bonds is 20. The SMILES string of the molecule is CCC(C)CC(C)CCCCCCCCC(=O)NC1CC(O)CNC(=O)C2C(O)CCN2C(=O)C(C(O)CC(N)=O)NC(=O)C(C(O)C(O)c2ccc(O)cc2)NC(=O)C2CC(O)CN2C(=O)C(C(C)O)NC1=O. The van der Waals surface area contributed by atoms with E-state index < -0.39 is 159 Å². The molecule has 1 aromatic rings. The number of hydrogen-bond acceptors (Lipinski definition) is 16. The number of phenolic OH excluding ortho intramolecular Hbond substituents is 1. The van der Waals surface area contributed by atoms with Crippen LogP contribution < -0.4 is 32.3 Å². The molecule has 3 aliphatic heterocycles. The van der Waals surface area contributed by atoms with Crippen LogP contribution in [0.4, 0.5) is 0 Å². The Morgan fingerprint density at radius 3 is 1.99 bits per heavy atom. The Kier molecular flexibility index (Phi) is 23.9. The van der Waals surface area contributed by atoms with Gasteiger partial charge in [-0.15, -0.1) is 0 Å². The van der Waals surface area contributed by atoms with Crippen molar-refractivity contribution in [2.45, 2.75) is 197 Å². The highest BCUT2D eigenvalue weighted by Gasteiger charge is 2.48. The molecule has 24 nitrogen and oxygen atoms in total. The fourth-order valence-corrected chi connectivity index (χ4v) is 9.77. The maximum absolute atomic E-state index is 14.4. The number of nitrogens with zero attached hydrogens (tertiary/aromatic N) is 2. The summed E-state index contributed by atoms with van der Waals surface area (Å²) in [4.78, 5) is 112. The van der Waals surface area contributed by atoms with Gasteiger partial charge in [0.2, 0.25) is 47.3 Å². The summed E-state index contributed by atoms with van der Waals surface area (Å²) in [5, 5.41) is 99.8. The van der Waals surface area contributed by atoms with Crippen molar-refractivity contribution < 1.29 is 79.2 Å². The predicted molar refractivity (Wildman–Crippen MR) is 264 cm³/mol. The van der Waals surface area contributed by atoms with E-state index in [1.807, 2.05) is 0 Å². The normalized spacial score (nSPS) is 28.2. The van der Waals surface area contributed by atoms with Gasteiger partial charge >= 0.3 is 0 Å². The molecular weight excluding hydrogens is 969 g/mol. The third-order valence-corrected chi connectivity index (χ3v) is 14.2. The molecule has 3 fully saturated rings. The maximum atomic E-state index is 14.4. The lowest BCUT2D eigenvalue weighted by molar-refractivity contribution is -0.148. The van der Waals surface area contributed by atoms with E-state index in [1.54, 1.807) is 0 Å². The van der Waals surface area contributed by atoms with Gasteiger partial charge in [-0.1, -0.05) is 77.8 Å². The number of benzene rings is 1. The summed E-state index contributed by atoms with van der Waals surface area (Å²) in [5.41, 5.74) is 5.24. The van der Waals surface area contributed by atoms with Crippen molar-refractivity contribution in [1.29, 1.82) is 0 Å². The molecule has 0 aliphatic carbocycles. The quantitative estimate of drug-likeness (QED) is 0.0593. The first-order valence-electron chi connectivity index (χ1n) is 25.9. The van der Waals surface area contributed by atoms with Gasteiger partial charge in [0.1, 0.15) is 54.2 Å². The topological polar surface area (TPSA) is 391 Å². The molecule has 3 aliphatic rings. The van der Waals surface area contributed by atoms with E-state index in [-0.39, 0.29) is 30.7 Å². The summed E-state index contributed by atoms with van der Waals surface area (Å²) < 4.78 is 0. The number of primary amides is 1. The Morgan fingerprint density at radius 1 is 0.743 bits per heavy atom. The lowest BCUT2D eigenvalue weighted by Crippen LogP contribution is -2.64. The maximum Gasteiger partial charge on any atom is 0.248 e. The van der Waals surface area contributed by atoms with Gasteiger partial charge in [-0.05, 0) is 55.7 Å². The van der Waals surface area contributed by atoms with Crippen LogP contribution in [-0.2, 0) is 38.4 Å². The molecule has 74 heavy (non-hydrogen) atoms. The van der Waals surface area contributed by atoms with Gasteiger partial charge in [0.25, 0.3) is 0 Å². The van der Waals surface area contributed by atoms with E-state index in [0.717, 1.165) is 73.8 Å². The van der Waals surface area contributed by atoms with Gasteiger partial charge in [-0.25, -0.2) is 0 Å². The van der Waals surface area contributed by atoms with Crippen LogP contribution in [0.2, 0.25) is 0 Å². The molecule has 0 radical (unpaired) electrons. The number of aromatic hydroxyl groups is 1. The highest BCUT2D eigenvalue weighted by molar-refractivity contribution is 5.98. The van der Waals surface area contributed by atoms with Gasteiger partial charge in [0, 0.05) is 38.9 Å². The van der Waals surface area contributed by atoms with Crippen molar-refractivity contribution in [3.05, 3.63) is 29.8 Å². The van der Waals surface area contributed by atoms with E-state index in [1.165, 1.54) is 18.6 Å². The zero-order chi connectivity index (χ0) is 55.0. The van der Waals surface area contributed by atoms with Crippen LogP contribution in [0.1, 0.15) is 129 Å². The molecule has 0 bridgehead atoms. The van der Waals surface area contributed by atoms with Crippen LogP contribution in [0.5, 0.6) is 5.75 Å². The van der Waals surface area contributed by atoms with Crippen molar-refractivity contribution in [3.63, 3.8) is 0 Å². The molecule has 4 rings (SSSR count). The number of aliphatic hydroxyl groups is 7. The molecule has 1 aromatic carbocycles. The summed E-state index contributed by atoms with van der Waals surface area (Å²) in [7, 11) is 0. The minimum atomic E-state index is -2.33. The average molecular weight is 1050 g/mol. The zero-order valence-electron chi connectivity index (χ0n) is 42.8. The van der Waals surface area contributed by atoms with Gasteiger partial charge in [-0.2, -0.15) is 0 Å². The Balaban J connectivity index is 1.67. The van der Waals surface area contributed by atoms with Gasteiger partial charge in [0.15, 0.2) is 0 Å². The minimum Gasteiger partial charge on any atom is -0.508 e. The van der Waals surface area contributed by atoms with Crippen LogP contribution >= 0.6 is 0 Å². The van der Waals surface area contributed by atoms with Crippen molar-refractivity contribution >= 4 is 47.3 Å². The fraction of sp³-hybridized carbons (Fsp3) is 0.720. The second-order valence-corrected chi connectivity index (χ2v) is 20.5. The molecule has 3 heterocycles. The van der Waals surface area contributed by atoms with Crippen LogP contribution in [0.15, 0.2) is 24.3 Å². The summed E-state index contributed by atoms with van der Waals surface area (Å²) in [6.07, 6.45) is -6.34. The molecule has 24 heteroatoms. The van der Waals surface area contributed by atoms with Gasteiger partial charge in [-0.3, -0.25) is 38.4 Å². The van der Waals surface area contributed by atoms with E-state index in [4.69, 9.17) is 5.73 Å². The summed E-state index contributed by atoms with van der Waals surface area (Å²) >= 11 is 0. The van der Waals surface area contributed by atoms with Crippen molar-refractivity contribution in [1.82, 2.24) is 36.4 Å². The average Bonchev–Trinajstić information content (AvgIpc) is 3.94. The second kappa shape index (κ2) is 29.0. The number of phenols is 1. The monoisotopic (exact) mass is 1050 g/mol. The highest BCUT2D eigenvalue weighted by Crippen LogP contribution is 2.26. The minimum absolute atomic E-state index is 0.0125. The van der Waals surface area contributed by atoms with Crippen LogP contribution in [0.25, 0.3) is 0 Å². The number of aliphatic hydroxyl groups excluding tert-OH is 7. The van der Waals surface area contributed by atoms with Crippen LogP contribution in [-0.4, -0.2) is 190 Å². The summed E-state index contributed by atoms with van der Waals surface area (Å²) in [6.45, 7) is 6.32. The Morgan fingerprint density at radius 2 is 1.35 bits per heavy atom. The predicted octanol–water partition coefficient (Wildman–Crippen LogP) is -2.66. The summed E-state index contributed by atoms with van der Waals surface area (Å²) in [5.74, 6) is -7.85. The molecule has 0 aromatic heterocycles. The lowest BCUT2D eigenvalue weighted by atomic mass is 9.91. The number of nitrogens with one attached hydrogen (secondary N) is 5. The molecular formula is C50H80N8O16. The first-order valence-corrected chi connectivity index (χ1v) is 25.9. The molecule has 3 saturated heterocycles. The van der Waals surface area contributed by atoms with Crippen molar-refractivity contribution in [2.75, 3.05) is 19.6 Å². The zero-order valence-corrected chi connectivity index (χ0v) is 42.8. The molecule has 15 N–H and O–H groups in total. The highest BCUT2D eigenvalue weighted by atomic mass is 16.3. The smallest absolute Gasteiger partial charge is 0.248 e. The third kappa shape index (κ3) is 17.6. The largest absolute Gasteiger partial charge is 0.508 e. The number of nitrogens with two attached hydrogens (primary N) is 1. The van der Waals surface area contributed by atoms with E-state index in [9.17, 15) is 79.2 Å². The Hall–Kier alpha value is -5.50. The van der Waals surface area contributed by atoms with E-state index >= 15 is 0 Å². The number of unbranched alkanes of at least 4 members (excludes halogenated alkanes) is 5. The molecule has 0 spiro atoms. The summed E-state index contributed by atoms with van der Waals surface area (Å²) in [6, 6.07) is -6.74. The first-order chi connectivity index (χ1) is 34.9. The van der Waals surface area contributed by atoms with Crippen molar-refractivity contribution in [3.8, 4) is 5.75 Å². The Labute approximate surface area is 431 Å². The Bertz CT molecular complexity index is 2070. The first kappa shape index (κ1) is 61.1. The number of hydrogen-bond donors (Lipinski definition) is 14.